The smallest absolute Gasteiger partial charge is 0.152 e. The molecule has 0 saturated carbocycles. The highest BCUT2D eigenvalue weighted by molar-refractivity contribution is 7.91. The van der Waals surface area contributed by atoms with Crippen LogP contribution in [0, 0.1) is 11.3 Å². The zero-order valence-electron chi connectivity index (χ0n) is 12.7. The Hall–Kier alpha value is -1.84. The number of benzene rings is 1. The zero-order chi connectivity index (χ0) is 16.6. The van der Waals surface area contributed by atoms with Crippen LogP contribution in [0.5, 0.6) is 0 Å². The Morgan fingerprint density at radius 1 is 1.39 bits per heavy atom. The lowest BCUT2D eigenvalue weighted by atomic mass is 10.1. The summed E-state index contributed by atoms with van der Waals surface area (Å²) in [5, 5.41) is 10.3. The summed E-state index contributed by atoms with van der Waals surface area (Å²) in [6, 6.07) is 9.12. The molecule has 1 atom stereocenters. The lowest BCUT2D eigenvalue weighted by Gasteiger charge is -2.32. The molecule has 5 nitrogen and oxygen atoms in total. The normalized spacial score (nSPS) is 18.8. The molecule has 2 heterocycles. The Morgan fingerprint density at radius 2 is 2.17 bits per heavy atom. The summed E-state index contributed by atoms with van der Waals surface area (Å²) in [5.41, 5.74) is 1.18. The van der Waals surface area contributed by atoms with E-state index < -0.39 is 9.84 Å². The molecule has 1 unspecified atom stereocenters. The topological polar surface area (TPSA) is 74.1 Å². The van der Waals surface area contributed by atoms with E-state index in [1.807, 2.05) is 4.90 Å². The molecular weight excluding hydrogens is 334 g/mol. The molecular formula is C16H16ClN3O2S. The van der Waals surface area contributed by atoms with E-state index in [0.29, 0.717) is 40.3 Å². The first-order chi connectivity index (χ1) is 10.9. The van der Waals surface area contributed by atoms with Crippen molar-refractivity contribution in [3.8, 4) is 6.07 Å². The summed E-state index contributed by atoms with van der Waals surface area (Å²) in [7, 11) is -3.08. The van der Waals surface area contributed by atoms with Gasteiger partial charge in [-0.05, 0) is 37.1 Å². The molecule has 1 aliphatic rings. The number of aromatic nitrogens is 1. The molecule has 0 radical (unpaired) electrons. The van der Waals surface area contributed by atoms with E-state index in [2.05, 4.69) is 11.1 Å². The highest BCUT2D eigenvalue weighted by Gasteiger charge is 2.28. The number of hydrogen-bond donors (Lipinski definition) is 0. The number of piperidine rings is 1. The molecule has 0 spiro atoms. The summed E-state index contributed by atoms with van der Waals surface area (Å²) in [6.45, 7) is 1.15. The van der Waals surface area contributed by atoms with Gasteiger partial charge in [-0.3, -0.25) is 0 Å². The number of anilines is 1. The molecule has 1 aliphatic heterocycles. The van der Waals surface area contributed by atoms with E-state index in [1.54, 1.807) is 24.3 Å². The fourth-order valence-corrected chi connectivity index (χ4v) is 4.15. The van der Waals surface area contributed by atoms with Gasteiger partial charge in [0.2, 0.25) is 0 Å². The van der Waals surface area contributed by atoms with Crippen molar-refractivity contribution in [2.45, 2.75) is 18.1 Å². The number of hydrogen-bond acceptors (Lipinski definition) is 5. The Bertz CT molecular complexity index is 905. The molecule has 1 aromatic heterocycles. The quantitative estimate of drug-likeness (QED) is 0.833. The van der Waals surface area contributed by atoms with E-state index >= 15 is 0 Å². The third kappa shape index (κ3) is 3.26. The van der Waals surface area contributed by atoms with Gasteiger partial charge in [0.25, 0.3) is 0 Å². The molecule has 23 heavy (non-hydrogen) atoms. The maximum atomic E-state index is 11.8. The molecule has 1 saturated heterocycles. The molecule has 0 bridgehead atoms. The van der Waals surface area contributed by atoms with Crippen molar-refractivity contribution in [3.05, 3.63) is 34.9 Å². The van der Waals surface area contributed by atoms with Gasteiger partial charge in [-0.2, -0.15) is 5.26 Å². The fraction of sp³-hybridized carbons (Fsp3) is 0.375. The van der Waals surface area contributed by atoms with Crippen molar-refractivity contribution in [2.24, 2.45) is 0 Å². The first-order valence-electron chi connectivity index (χ1n) is 7.33. The number of pyridine rings is 1. The third-order valence-corrected chi connectivity index (χ3v) is 6.02. The van der Waals surface area contributed by atoms with Crippen molar-refractivity contribution < 1.29 is 8.42 Å². The van der Waals surface area contributed by atoms with Gasteiger partial charge < -0.3 is 4.90 Å². The molecule has 0 aliphatic carbocycles. The Kier molecular flexibility index (Phi) is 4.17. The number of fused-ring (bicyclic) bond motifs is 1. The number of halogens is 1. The van der Waals surface area contributed by atoms with Crippen LogP contribution in [0.1, 0.15) is 18.4 Å². The van der Waals surface area contributed by atoms with Gasteiger partial charge in [0.05, 0.1) is 22.4 Å². The second-order valence-electron chi connectivity index (χ2n) is 5.84. The maximum absolute atomic E-state index is 11.8. The summed E-state index contributed by atoms with van der Waals surface area (Å²) in [5.74, 6) is 0.643. The zero-order valence-corrected chi connectivity index (χ0v) is 14.2. The average molecular weight is 350 g/mol. The van der Waals surface area contributed by atoms with Gasteiger partial charge in [0.1, 0.15) is 5.82 Å². The van der Waals surface area contributed by atoms with E-state index in [9.17, 15) is 13.7 Å². The van der Waals surface area contributed by atoms with Crippen molar-refractivity contribution in [3.63, 3.8) is 0 Å². The Labute approximate surface area is 140 Å². The van der Waals surface area contributed by atoms with Crippen LogP contribution in [-0.2, 0) is 9.84 Å². The van der Waals surface area contributed by atoms with Crippen LogP contribution in [0.25, 0.3) is 10.9 Å². The SMILES string of the molecule is CS(=O)(=O)C1CCCN(c2cc(C#N)c3cc(Cl)ccc3n2)C1. The summed E-state index contributed by atoms with van der Waals surface area (Å²) in [4.78, 5) is 6.53. The van der Waals surface area contributed by atoms with E-state index in [4.69, 9.17) is 11.6 Å². The van der Waals surface area contributed by atoms with Gasteiger partial charge >= 0.3 is 0 Å². The van der Waals surface area contributed by atoms with E-state index in [1.165, 1.54) is 6.26 Å². The highest BCUT2D eigenvalue weighted by atomic mass is 35.5. The molecule has 7 heteroatoms. The number of sulfone groups is 1. The van der Waals surface area contributed by atoms with Crippen LogP contribution in [0.3, 0.4) is 0 Å². The highest BCUT2D eigenvalue weighted by Crippen LogP contribution is 2.28. The lowest BCUT2D eigenvalue weighted by molar-refractivity contribution is 0.534. The summed E-state index contributed by atoms with van der Waals surface area (Å²) < 4.78 is 23.6. The molecule has 2 aromatic rings. The van der Waals surface area contributed by atoms with Crippen molar-refractivity contribution >= 4 is 38.2 Å². The standard InChI is InChI=1S/C16H16ClN3O2S/c1-23(21,22)13-3-2-6-20(10-13)16-7-11(9-18)14-8-12(17)4-5-15(14)19-16/h4-5,7-8,13H,2-3,6,10H2,1H3. The van der Waals surface area contributed by atoms with Crippen LogP contribution in [0.4, 0.5) is 5.82 Å². The van der Waals surface area contributed by atoms with Gasteiger partial charge in [-0.15, -0.1) is 0 Å². The van der Waals surface area contributed by atoms with Crippen molar-refractivity contribution in [2.75, 3.05) is 24.2 Å². The lowest BCUT2D eigenvalue weighted by Crippen LogP contribution is -2.42. The van der Waals surface area contributed by atoms with Gasteiger partial charge in [0, 0.05) is 29.8 Å². The average Bonchev–Trinajstić information content (AvgIpc) is 2.53. The molecule has 120 valence electrons. The van der Waals surface area contributed by atoms with Crippen molar-refractivity contribution in [1.82, 2.24) is 4.98 Å². The molecule has 0 N–H and O–H groups in total. The minimum absolute atomic E-state index is 0.385. The first-order valence-corrected chi connectivity index (χ1v) is 9.66. The van der Waals surface area contributed by atoms with Gasteiger partial charge in [-0.25, -0.2) is 13.4 Å². The fourth-order valence-electron chi connectivity index (χ4n) is 2.93. The van der Waals surface area contributed by atoms with E-state index in [0.717, 1.165) is 13.0 Å². The van der Waals surface area contributed by atoms with Crippen LogP contribution < -0.4 is 4.90 Å². The second kappa shape index (κ2) is 5.99. The summed E-state index contributed by atoms with van der Waals surface area (Å²) >= 11 is 5.99. The van der Waals surface area contributed by atoms with Crippen LogP contribution >= 0.6 is 11.6 Å². The number of nitrogens with zero attached hydrogens (tertiary/aromatic N) is 3. The first kappa shape index (κ1) is 16.0. The minimum atomic E-state index is -3.08. The molecule has 1 aromatic carbocycles. The van der Waals surface area contributed by atoms with Gasteiger partial charge in [-0.1, -0.05) is 11.6 Å². The minimum Gasteiger partial charge on any atom is -0.355 e. The predicted octanol–water partition coefficient (Wildman–Crippen LogP) is 2.77. The van der Waals surface area contributed by atoms with Gasteiger partial charge in [0.15, 0.2) is 9.84 Å². The Morgan fingerprint density at radius 3 is 2.87 bits per heavy atom. The van der Waals surface area contributed by atoms with Crippen LogP contribution in [0.15, 0.2) is 24.3 Å². The second-order valence-corrected chi connectivity index (χ2v) is 8.60. The molecule has 3 rings (SSSR count). The maximum Gasteiger partial charge on any atom is 0.152 e. The van der Waals surface area contributed by atoms with Crippen molar-refractivity contribution in [1.29, 1.82) is 5.26 Å². The van der Waals surface area contributed by atoms with Crippen LogP contribution in [0.2, 0.25) is 5.02 Å². The Balaban J connectivity index is 2.03. The monoisotopic (exact) mass is 349 g/mol. The molecule has 1 fully saturated rings. The third-order valence-electron chi connectivity index (χ3n) is 4.19. The van der Waals surface area contributed by atoms with Crippen LogP contribution in [-0.4, -0.2) is 38.0 Å². The number of nitriles is 1. The van der Waals surface area contributed by atoms with E-state index in [-0.39, 0.29) is 5.25 Å². The predicted molar refractivity (Wildman–Crippen MR) is 91.5 cm³/mol. The largest absolute Gasteiger partial charge is 0.355 e. The number of rotatable bonds is 2. The molecule has 0 amide bonds. The summed E-state index contributed by atoms with van der Waals surface area (Å²) in [6.07, 6.45) is 2.74.